The van der Waals surface area contributed by atoms with Gasteiger partial charge in [0.2, 0.25) is 0 Å². The molecular weight excluding hydrogens is 374 g/mol. The molecule has 0 spiro atoms. The Morgan fingerprint density at radius 2 is 1.63 bits per heavy atom. The first-order chi connectivity index (χ1) is 14.4. The molecule has 0 unspecified atom stereocenters. The number of amides is 1. The van der Waals surface area contributed by atoms with Gasteiger partial charge in [-0.2, -0.15) is 0 Å². The smallest absolute Gasteiger partial charge is 0.274 e. The van der Waals surface area contributed by atoms with Crippen LogP contribution in [0.3, 0.4) is 0 Å². The van der Waals surface area contributed by atoms with Gasteiger partial charge in [0.1, 0.15) is 17.8 Å². The first-order valence-corrected chi connectivity index (χ1v) is 9.75. The summed E-state index contributed by atoms with van der Waals surface area (Å²) < 4.78 is 0. The van der Waals surface area contributed by atoms with E-state index >= 15 is 0 Å². The maximum absolute atomic E-state index is 12.8. The van der Waals surface area contributed by atoms with Gasteiger partial charge in [0.15, 0.2) is 0 Å². The Morgan fingerprint density at radius 3 is 2.47 bits per heavy atom. The van der Waals surface area contributed by atoms with Gasteiger partial charge < -0.3 is 10.6 Å². The van der Waals surface area contributed by atoms with E-state index in [1.165, 1.54) is 6.33 Å². The summed E-state index contributed by atoms with van der Waals surface area (Å²) in [4.78, 5) is 25.6. The van der Waals surface area contributed by atoms with Crippen LogP contribution in [0.1, 0.15) is 36.8 Å². The number of anilines is 3. The van der Waals surface area contributed by atoms with Gasteiger partial charge in [-0.1, -0.05) is 57.2 Å². The number of carbonyl (C=O) groups excluding carboxylic acids is 1. The predicted molar refractivity (Wildman–Crippen MR) is 120 cm³/mol. The molecule has 0 atom stereocenters. The number of nitrogens with zero attached hydrogens (tertiary/aromatic N) is 3. The zero-order chi connectivity index (χ0) is 21.1. The minimum atomic E-state index is -0.317. The summed E-state index contributed by atoms with van der Waals surface area (Å²) in [6, 6.07) is 19.2. The van der Waals surface area contributed by atoms with E-state index < -0.39 is 0 Å². The Kier molecular flexibility index (Phi) is 5.14. The maximum Gasteiger partial charge on any atom is 0.274 e. The number of hydrogen-bond acceptors (Lipinski definition) is 5. The van der Waals surface area contributed by atoms with Crippen molar-refractivity contribution >= 4 is 34.0 Å². The Hall–Kier alpha value is -3.80. The second-order valence-corrected chi connectivity index (χ2v) is 8.04. The maximum atomic E-state index is 12.8. The van der Waals surface area contributed by atoms with E-state index in [0.717, 1.165) is 22.2 Å². The summed E-state index contributed by atoms with van der Waals surface area (Å²) in [6.45, 7) is 6.47. The number of para-hydroxylation sites is 2. The number of hydrogen-bond donors (Lipinski definition) is 2. The number of rotatable bonds is 4. The molecule has 150 valence electrons. The molecule has 4 rings (SSSR count). The lowest BCUT2D eigenvalue weighted by molar-refractivity contribution is 0.102. The minimum absolute atomic E-state index is 0.0296. The van der Waals surface area contributed by atoms with Gasteiger partial charge in [0, 0.05) is 23.3 Å². The monoisotopic (exact) mass is 397 g/mol. The first-order valence-electron chi connectivity index (χ1n) is 9.75. The molecule has 6 nitrogen and oxygen atoms in total. The molecule has 4 aromatic rings. The summed E-state index contributed by atoms with van der Waals surface area (Å²) >= 11 is 0. The molecule has 0 saturated heterocycles. The first kappa shape index (κ1) is 19.5. The second-order valence-electron chi connectivity index (χ2n) is 8.04. The number of nitrogens with one attached hydrogen (secondary N) is 2. The fourth-order valence-corrected chi connectivity index (χ4v) is 3.33. The summed E-state index contributed by atoms with van der Waals surface area (Å²) in [5.74, 6) is 0.241. The van der Waals surface area contributed by atoms with Crippen LogP contribution in [0.25, 0.3) is 10.9 Å². The van der Waals surface area contributed by atoms with Gasteiger partial charge in [-0.25, -0.2) is 9.97 Å². The van der Waals surface area contributed by atoms with Crippen LogP contribution in [0.15, 0.2) is 73.2 Å². The fourth-order valence-electron chi connectivity index (χ4n) is 3.33. The molecule has 2 aromatic heterocycles. The van der Waals surface area contributed by atoms with Crippen molar-refractivity contribution in [3.63, 3.8) is 0 Å². The average molecular weight is 397 g/mol. The van der Waals surface area contributed by atoms with Crippen molar-refractivity contribution in [2.75, 3.05) is 10.6 Å². The largest absolute Gasteiger partial charge is 0.340 e. The second kappa shape index (κ2) is 7.91. The van der Waals surface area contributed by atoms with Gasteiger partial charge in [-0.15, -0.1) is 0 Å². The zero-order valence-electron chi connectivity index (χ0n) is 17.2. The number of fused-ring (bicyclic) bond motifs is 1. The van der Waals surface area contributed by atoms with E-state index in [2.05, 4.69) is 52.4 Å². The Labute approximate surface area is 175 Å². The molecule has 6 heteroatoms. The van der Waals surface area contributed by atoms with E-state index in [9.17, 15) is 4.79 Å². The van der Waals surface area contributed by atoms with Gasteiger partial charge >= 0.3 is 0 Å². The van der Waals surface area contributed by atoms with Crippen LogP contribution in [0.4, 0.5) is 17.2 Å². The summed E-state index contributed by atoms with van der Waals surface area (Å²) in [6.07, 6.45) is 3.09. The number of carbonyl (C=O) groups is 1. The normalized spacial score (nSPS) is 11.3. The standard InChI is InChI=1S/C24H23N5O/c1-24(2,3)17-10-4-5-11-18(17)28-21-14-20(26-15-27-21)23(30)29-19-12-6-8-16-9-7-13-25-22(16)19/h4-15H,1-3H3,(H,29,30)(H,26,27,28). The van der Waals surface area contributed by atoms with Gasteiger partial charge in [-0.05, 0) is 29.2 Å². The molecule has 2 aromatic carbocycles. The Morgan fingerprint density at radius 1 is 0.867 bits per heavy atom. The molecule has 0 aliphatic carbocycles. The van der Waals surface area contributed by atoms with Crippen molar-refractivity contribution in [1.82, 2.24) is 15.0 Å². The van der Waals surface area contributed by atoms with E-state index in [-0.39, 0.29) is 17.0 Å². The summed E-state index contributed by atoms with van der Waals surface area (Å²) in [5, 5.41) is 7.19. The highest BCUT2D eigenvalue weighted by atomic mass is 16.1. The highest BCUT2D eigenvalue weighted by Crippen LogP contribution is 2.31. The van der Waals surface area contributed by atoms with Gasteiger partial charge in [-0.3, -0.25) is 9.78 Å². The van der Waals surface area contributed by atoms with Crippen LogP contribution >= 0.6 is 0 Å². The third-order valence-electron chi connectivity index (χ3n) is 4.78. The number of benzene rings is 2. The van der Waals surface area contributed by atoms with E-state index in [0.29, 0.717) is 11.5 Å². The molecule has 0 radical (unpaired) electrons. The molecule has 30 heavy (non-hydrogen) atoms. The van der Waals surface area contributed by atoms with Crippen molar-refractivity contribution in [2.24, 2.45) is 0 Å². The zero-order valence-corrected chi connectivity index (χ0v) is 17.2. The molecule has 0 aliphatic heterocycles. The van der Waals surface area contributed by atoms with E-state index in [4.69, 9.17) is 0 Å². The van der Waals surface area contributed by atoms with Gasteiger partial charge in [0.25, 0.3) is 5.91 Å². The molecule has 1 amide bonds. The summed E-state index contributed by atoms with van der Waals surface area (Å²) in [5.41, 5.74) is 3.74. The molecule has 0 bridgehead atoms. The third kappa shape index (κ3) is 4.12. The topological polar surface area (TPSA) is 79.8 Å². The van der Waals surface area contributed by atoms with Crippen molar-refractivity contribution in [2.45, 2.75) is 26.2 Å². The highest BCUT2D eigenvalue weighted by Gasteiger charge is 2.18. The molecule has 0 saturated carbocycles. The fraction of sp³-hybridized carbons (Fsp3) is 0.167. The summed E-state index contributed by atoms with van der Waals surface area (Å²) in [7, 11) is 0. The van der Waals surface area contributed by atoms with Crippen molar-refractivity contribution in [3.8, 4) is 0 Å². The van der Waals surface area contributed by atoms with Crippen molar-refractivity contribution < 1.29 is 4.79 Å². The molecular formula is C24H23N5O. The molecule has 2 N–H and O–H groups in total. The highest BCUT2D eigenvalue weighted by molar-refractivity contribution is 6.07. The van der Waals surface area contributed by atoms with Crippen LogP contribution in [-0.4, -0.2) is 20.9 Å². The van der Waals surface area contributed by atoms with Gasteiger partial charge in [0.05, 0.1) is 11.2 Å². The van der Waals surface area contributed by atoms with Crippen LogP contribution in [0.2, 0.25) is 0 Å². The van der Waals surface area contributed by atoms with Crippen molar-refractivity contribution in [3.05, 3.63) is 84.4 Å². The van der Waals surface area contributed by atoms with E-state index in [1.54, 1.807) is 12.3 Å². The lowest BCUT2D eigenvalue weighted by Gasteiger charge is -2.23. The number of aromatic nitrogens is 3. The van der Waals surface area contributed by atoms with Crippen LogP contribution in [0.5, 0.6) is 0 Å². The quantitative estimate of drug-likeness (QED) is 0.487. The van der Waals surface area contributed by atoms with Crippen LogP contribution < -0.4 is 10.6 Å². The molecule has 0 fully saturated rings. The average Bonchev–Trinajstić information content (AvgIpc) is 2.74. The van der Waals surface area contributed by atoms with Crippen molar-refractivity contribution in [1.29, 1.82) is 0 Å². The third-order valence-corrected chi connectivity index (χ3v) is 4.78. The molecule has 0 aliphatic rings. The molecule has 2 heterocycles. The minimum Gasteiger partial charge on any atom is -0.340 e. The Bertz CT molecular complexity index is 1210. The lowest BCUT2D eigenvalue weighted by Crippen LogP contribution is -2.16. The van der Waals surface area contributed by atoms with E-state index in [1.807, 2.05) is 48.5 Å². The number of pyridine rings is 1. The van der Waals surface area contributed by atoms with Crippen LogP contribution in [0, 0.1) is 0 Å². The Balaban J connectivity index is 1.59. The SMILES string of the molecule is CC(C)(C)c1ccccc1Nc1cc(C(=O)Nc2cccc3cccnc23)ncn1. The van der Waals surface area contributed by atoms with Crippen LogP contribution in [-0.2, 0) is 5.41 Å². The lowest BCUT2D eigenvalue weighted by atomic mass is 9.86. The predicted octanol–water partition coefficient (Wildman–Crippen LogP) is 5.32.